The molecule has 0 unspecified atom stereocenters. The second-order valence-corrected chi connectivity index (χ2v) is 11.4. The monoisotopic (exact) mass is 494 g/mol. The molecular weight excluding hydrogens is 456 g/mol. The van der Waals surface area contributed by atoms with E-state index in [4.69, 9.17) is 0 Å². The predicted octanol–water partition coefficient (Wildman–Crippen LogP) is 7.97. The van der Waals surface area contributed by atoms with Gasteiger partial charge in [0.15, 0.2) is 0 Å². The summed E-state index contributed by atoms with van der Waals surface area (Å²) in [6, 6.07) is 24.0. The molecule has 0 atom stereocenters. The molecule has 0 bridgehead atoms. The van der Waals surface area contributed by atoms with Crippen molar-refractivity contribution in [1.82, 2.24) is 0 Å². The Labute approximate surface area is 221 Å². The third-order valence-corrected chi connectivity index (χ3v) is 8.08. The summed E-state index contributed by atoms with van der Waals surface area (Å²) >= 11 is 0. The number of phenols is 3. The number of hydrogen-bond acceptors (Lipinski definition) is 3. The Morgan fingerprint density at radius 1 is 0.459 bits per heavy atom. The molecule has 4 aromatic rings. The maximum Gasteiger partial charge on any atom is 0.119 e. The van der Waals surface area contributed by atoms with Crippen LogP contribution in [0.1, 0.15) is 77.8 Å². The van der Waals surface area contributed by atoms with Crippen LogP contribution in [0.2, 0.25) is 0 Å². The molecule has 0 heterocycles. The third kappa shape index (κ3) is 5.09. The van der Waals surface area contributed by atoms with Crippen molar-refractivity contribution >= 4 is 0 Å². The van der Waals surface area contributed by atoms with Crippen LogP contribution in [0.25, 0.3) is 0 Å². The van der Waals surface area contributed by atoms with Crippen molar-refractivity contribution in [3.05, 3.63) is 123 Å². The lowest BCUT2D eigenvalue weighted by atomic mass is 9.76. The first kappa shape index (κ1) is 26.3. The lowest BCUT2D eigenvalue weighted by Gasteiger charge is -2.28. The quantitative estimate of drug-likeness (QED) is 0.255. The zero-order chi connectivity index (χ0) is 27.1. The maximum atomic E-state index is 10.7. The molecule has 37 heavy (non-hydrogen) atoms. The number of aromatic hydroxyl groups is 3. The SMILES string of the molecule is Cc1cc(C(C)(C)c2ccc(Cc3cc(C(C)(C)c4ccc(O)c(C)c4)ccc3O)c(C)c2)ccc1O. The van der Waals surface area contributed by atoms with Crippen LogP contribution >= 0.6 is 0 Å². The molecule has 0 saturated carbocycles. The van der Waals surface area contributed by atoms with Crippen molar-refractivity contribution in [2.45, 2.75) is 65.7 Å². The Morgan fingerprint density at radius 2 is 0.838 bits per heavy atom. The van der Waals surface area contributed by atoms with Crippen molar-refractivity contribution < 1.29 is 15.3 Å². The lowest BCUT2D eigenvalue weighted by Crippen LogP contribution is -2.20. The molecule has 0 aliphatic heterocycles. The molecule has 0 saturated heterocycles. The largest absolute Gasteiger partial charge is 0.508 e. The van der Waals surface area contributed by atoms with Gasteiger partial charge in [-0.1, -0.05) is 82.3 Å². The smallest absolute Gasteiger partial charge is 0.119 e. The first-order valence-corrected chi connectivity index (χ1v) is 12.8. The highest BCUT2D eigenvalue weighted by Crippen LogP contribution is 2.38. The van der Waals surface area contributed by atoms with Crippen molar-refractivity contribution in [3.63, 3.8) is 0 Å². The van der Waals surface area contributed by atoms with E-state index in [1.807, 2.05) is 38.1 Å². The van der Waals surface area contributed by atoms with E-state index in [2.05, 4.69) is 65.0 Å². The average molecular weight is 495 g/mol. The summed E-state index contributed by atoms with van der Waals surface area (Å²) in [7, 11) is 0. The first-order chi connectivity index (χ1) is 17.3. The minimum atomic E-state index is -0.286. The standard InChI is InChI=1S/C34H38O3/c1-21-16-26(33(4,5)27-10-13-30(35)22(2)17-27)9-8-24(21)19-25-20-29(12-15-32(25)37)34(6,7)28-11-14-31(36)23(3)18-28/h8-18,20,35-37H,19H2,1-7H3. The van der Waals surface area contributed by atoms with Crippen LogP contribution in [-0.2, 0) is 17.3 Å². The molecule has 0 spiro atoms. The van der Waals surface area contributed by atoms with Gasteiger partial charge >= 0.3 is 0 Å². The second-order valence-electron chi connectivity index (χ2n) is 11.4. The number of benzene rings is 4. The normalized spacial score (nSPS) is 12.1. The van der Waals surface area contributed by atoms with Crippen LogP contribution < -0.4 is 0 Å². The Bertz CT molecular complexity index is 1460. The number of rotatable bonds is 6. The molecular formula is C34H38O3. The van der Waals surface area contributed by atoms with E-state index >= 15 is 0 Å². The van der Waals surface area contributed by atoms with Crippen LogP contribution in [0.15, 0.2) is 72.8 Å². The van der Waals surface area contributed by atoms with Gasteiger partial charge in [-0.05, 0) is 89.0 Å². The Balaban J connectivity index is 1.64. The van der Waals surface area contributed by atoms with Crippen LogP contribution in [-0.4, -0.2) is 15.3 Å². The molecule has 3 nitrogen and oxygen atoms in total. The summed E-state index contributed by atoms with van der Waals surface area (Å²) < 4.78 is 0. The Kier molecular flexibility index (Phi) is 6.85. The van der Waals surface area contributed by atoms with Gasteiger partial charge < -0.3 is 15.3 Å². The van der Waals surface area contributed by atoms with Crippen molar-refractivity contribution in [2.24, 2.45) is 0 Å². The minimum Gasteiger partial charge on any atom is -0.508 e. The number of phenolic OH excluding ortho intramolecular Hbond substituents is 3. The molecule has 0 aliphatic carbocycles. The molecule has 0 radical (unpaired) electrons. The third-order valence-electron chi connectivity index (χ3n) is 8.08. The molecule has 0 aromatic heterocycles. The molecule has 4 aromatic carbocycles. The van der Waals surface area contributed by atoms with Crippen molar-refractivity contribution in [3.8, 4) is 17.2 Å². The topological polar surface area (TPSA) is 60.7 Å². The van der Waals surface area contributed by atoms with Gasteiger partial charge in [0.2, 0.25) is 0 Å². The van der Waals surface area contributed by atoms with Crippen LogP contribution in [0, 0.1) is 20.8 Å². The minimum absolute atomic E-state index is 0.212. The first-order valence-electron chi connectivity index (χ1n) is 12.8. The van der Waals surface area contributed by atoms with Crippen molar-refractivity contribution in [2.75, 3.05) is 0 Å². The van der Waals surface area contributed by atoms with Gasteiger partial charge in [-0.15, -0.1) is 0 Å². The van der Waals surface area contributed by atoms with Gasteiger partial charge in [-0.2, -0.15) is 0 Å². The van der Waals surface area contributed by atoms with E-state index in [1.54, 1.807) is 18.2 Å². The molecule has 4 rings (SSSR count). The number of aryl methyl sites for hydroxylation is 3. The fourth-order valence-electron chi connectivity index (χ4n) is 5.03. The highest BCUT2D eigenvalue weighted by Gasteiger charge is 2.26. The van der Waals surface area contributed by atoms with Gasteiger partial charge in [0, 0.05) is 17.3 Å². The summed E-state index contributed by atoms with van der Waals surface area (Å²) in [5.74, 6) is 0.912. The molecule has 3 heteroatoms. The summed E-state index contributed by atoms with van der Waals surface area (Å²) in [5, 5.41) is 30.6. The molecule has 0 amide bonds. The van der Waals surface area contributed by atoms with Gasteiger partial charge in [0.25, 0.3) is 0 Å². The van der Waals surface area contributed by atoms with Crippen LogP contribution in [0.3, 0.4) is 0 Å². The van der Waals surface area contributed by atoms with E-state index in [-0.39, 0.29) is 10.8 Å². The van der Waals surface area contributed by atoms with E-state index in [9.17, 15) is 15.3 Å². The molecule has 0 fully saturated rings. The van der Waals surface area contributed by atoms with E-state index < -0.39 is 0 Å². The fraction of sp³-hybridized carbons (Fsp3) is 0.294. The zero-order valence-corrected chi connectivity index (χ0v) is 23.0. The number of hydrogen-bond donors (Lipinski definition) is 3. The van der Waals surface area contributed by atoms with Crippen LogP contribution in [0.5, 0.6) is 17.2 Å². The summed E-state index contributed by atoms with van der Waals surface area (Å²) in [6.45, 7) is 14.7. The summed E-state index contributed by atoms with van der Waals surface area (Å²) in [4.78, 5) is 0. The Hall–Kier alpha value is -3.72. The summed E-state index contributed by atoms with van der Waals surface area (Å²) in [5.41, 5.74) is 9.08. The van der Waals surface area contributed by atoms with E-state index in [0.29, 0.717) is 23.7 Å². The summed E-state index contributed by atoms with van der Waals surface area (Å²) in [6.07, 6.45) is 0.634. The van der Waals surface area contributed by atoms with Crippen LogP contribution in [0.4, 0.5) is 0 Å². The predicted molar refractivity (Wildman–Crippen MR) is 152 cm³/mol. The van der Waals surface area contributed by atoms with Gasteiger partial charge in [0.1, 0.15) is 17.2 Å². The molecule has 3 N–H and O–H groups in total. The fourth-order valence-corrected chi connectivity index (χ4v) is 5.03. The zero-order valence-electron chi connectivity index (χ0n) is 23.0. The van der Waals surface area contributed by atoms with Gasteiger partial charge in [-0.3, -0.25) is 0 Å². The maximum absolute atomic E-state index is 10.7. The van der Waals surface area contributed by atoms with E-state index in [1.165, 1.54) is 16.7 Å². The average Bonchev–Trinajstić information content (AvgIpc) is 2.84. The van der Waals surface area contributed by atoms with Gasteiger partial charge in [-0.25, -0.2) is 0 Å². The second kappa shape index (κ2) is 9.63. The van der Waals surface area contributed by atoms with E-state index in [0.717, 1.165) is 33.4 Å². The lowest BCUT2D eigenvalue weighted by molar-refractivity contribution is 0.468. The van der Waals surface area contributed by atoms with Crippen molar-refractivity contribution in [1.29, 1.82) is 0 Å². The highest BCUT2D eigenvalue weighted by molar-refractivity contribution is 5.50. The highest BCUT2D eigenvalue weighted by atomic mass is 16.3. The Morgan fingerprint density at radius 3 is 1.27 bits per heavy atom. The molecule has 192 valence electrons. The molecule has 0 aliphatic rings. The van der Waals surface area contributed by atoms with Gasteiger partial charge in [0.05, 0.1) is 0 Å².